The van der Waals surface area contributed by atoms with E-state index in [0.29, 0.717) is 11.5 Å². The number of halogens is 3. The summed E-state index contributed by atoms with van der Waals surface area (Å²) in [5.41, 5.74) is -3.82. The van der Waals surface area contributed by atoms with Crippen molar-refractivity contribution in [2.24, 2.45) is 0 Å². The number of ether oxygens (including phenoxy) is 1. The van der Waals surface area contributed by atoms with Crippen LogP contribution in [0.3, 0.4) is 0 Å². The first kappa shape index (κ1) is 16.3. The Kier molecular flexibility index (Phi) is 4.09. The molecule has 2 heterocycles. The van der Waals surface area contributed by atoms with E-state index in [2.05, 4.69) is 9.17 Å². The molecule has 1 fully saturated rings. The fourth-order valence-corrected chi connectivity index (χ4v) is 2.80. The predicted molar refractivity (Wildman–Crippen MR) is 73.7 cm³/mol. The second-order valence-corrected chi connectivity index (χ2v) is 6.98. The van der Waals surface area contributed by atoms with E-state index in [9.17, 15) is 21.6 Å². The van der Waals surface area contributed by atoms with E-state index in [0.717, 1.165) is 18.5 Å². The fraction of sp³-hybridized carbons (Fsp3) is 0.500. The summed E-state index contributed by atoms with van der Waals surface area (Å²) < 4.78 is 69.0. The number of hydrogen-bond acceptors (Lipinski definition) is 5. The maximum Gasteiger partial charge on any atom is 0.534 e. The lowest BCUT2D eigenvalue weighted by Gasteiger charge is -2.22. The van der Waals surface area contributed by atoms with E-state index >= 15 is 0 Å². The van der Waals surface area contributed by atoms with Crippen LogP contribution in [0.2, 0.25) is 0 Å². The van der Waals surface area contributed by atoms with Gasteiger partial charge in [0.25, 0.3) is 0 Å². The van der Waals surface area contributed by atoms with Crippen LogP contribution >= 0.6 is 0 Å². The van der Waals surface area contributed by atoms with Crippen molar-refractivity contribution in [3.8, 4) is 0 Å². The molecule has 0 spiro atoms. The average Bonchev–Trinajstić information content (AvgIpc) is 3.31. The van der Waals surface area contributed by atoms with Gasteiger partial charge in [-0.2, -0.15) is 21.6 Å². The molecule has 2 aliphatic rings. The van der Waals surface area contributed by atoms with Crippen molar-refractivity contribution in [2.75, 3.05) is 6.61 Å². The molecule has 1 unspecified atom stereocenters. The molecule has 5 nitrogen and oxygen atoms in total. The zero-order valence-electron chi connectivity index (χ0n) is 11.9. The summed E-state index contributed by atoms with van der Waals surface area (Å²) in [4.78, 5) is 4.25. The first-order chi connectivity index (χ1) is 10.8. The van der Waals surface area contributed by atoms with E-state index in [1.54, 1.807) is 12.3 Å². The van der Waals surface area contributed by atoms with E-state index in [-0.39, 0.29) is 18.8 Å². The Morgan fingerprint density at radius 3 is 2.70 bits per heavy atom. The quantitative estimate of drug-likeness (QED) is 0.617. The van der Waals surface area contributed by atoms with Gasteiger partial charge in [0.05, 0.1) is 6.61 Å². The van der Waals surface area contributed by atoms with Gasteiger partial charge >= 0.3 is 15.6 Å². The van der Waals surface area contributed by atoms with E-state index in [1.807, 2.05) is 6.07 Å². The van der Waals surface area contributed by atoms with Crippen LogP contribution in [0, 0.1) is 0 Å². The van der Waals surface area contributed by atoms with Crippen molar-refractivity contribution in [1.82, 2.24) is 4.98 Å². The molecule has 1 aliphatic carbocycles. The molecule has 1 saturated carbocycles. The summed E-state index contributed by atoms with van der Waals surface area (Å²) in [6, 6.07) is 3.52. The summed E-state index contributed by atoms with van der Waals surface area (Å²) in [5, 5.41) is 0. The highest BCUT2D eigenvalue weighted by Crippen LogP contribution is 2.40. The molecule has 23 heavy (non-hydrogen) atoms. The van der Waals surface area contributed by atoms with Gasteiger partial charge in [-0.15, -0.1) is 0 Å². The lowest BCUT2D eigenvalue weighted by molar-refractivity contribution is -0.0530. The molecule has 1 aromatic heterocycles. The Balaban J connectivity index is 1.80. The molecule has 1 aliphatic heterocycles. The average molecular weight is 349 g/mol. The SMILES string of the molecule is O=S(=O)(OC1=CC(c2ccnc(C3CC3)c2)OCC1)C(F)(F)F. The first-order valence-corrected chi connectivity index (χ1v) is 8.46. The van der Waals surface area contributed by atoms with E-state index in [4.69, 9.17) is 4.74 Å². The minimum absolute atomic E-state index is 0.0353. The van der Waals surface area contributed by atoms with Crippen molar-refractivity contribution in [1.29, 1.82) is 0 Å². The predicted octanol–water partition coefficient (Wildman–Crippen LogP) is 3.17. The molecule has 0 bridgehead atoms. The topological polar surface area (TPSA) is 65.5 Å². The number of aromatic nitrogens is 1. The van der Waals surface area contributed by atoms with Crippen molar-refractivity contribution in [2.45, 2.75) is 36.8 Å². The van der Waals surface area contributed by atoms with E-state index < -0.39 is 21.7 Å². The highest BCUT2D eigenvalue weighted by atomic mass is 32.2. The van der Waals surface area contributed by atoms with Crippen molar-refractivity contribution in [3.63, 3.8) is 0 Å². The van der Waals surface area contributed by atoms with Crippen LogP contribution in [0.15, 0.2) is 30.2 Å². The molecule has 9 heteroatoms. The molecule has 0 aromatic carbocycles. The van der Waals surface area contributed by atoms with Crippen LogP contribution in [0.1, 0.15) is 42.5 Å². The molecule has 0 saturated heterocycles. The van der Waals surface area contributed by atoms with Gasteiger partial charge in [-0.25, -0.2) is 0 Å². The maximum atomic E-state index is 12.4. The Morgan fingerprint density at radius 1 is 1.30 bits per heavy atom. The third kappa shape index (κ3) is 3.66. The van der Waals surface area contributed by atoms with Gasteiger partial charge < -0.3 is 8.92 Å². The molecule has 0 N–H and O–H groups in total. The second-order valence-electron chi connectivity index (χ2n) is 5.45. The van der Waals surface area contributed by atoms with Crippen LogP contribution in [0.5, 0.6) is 0 Å². The Bertz CT molecular complexity index is 726. The van der Waals surface area contributed by atoms with Crippen LogP contribution in [0.4, 0.5) is 13.2 Å². The molecule has 1 atom stereocenters. The van der Waals surface area contributed by atoms with Gasteiger partial charge in [-0.1, -0.05) is 0 Å². The molecule has 0 amide bonds. The van der Waals surface area contributed by atoms with Crippen LogP contribution in [-0.2, 0) is 19.0 Å². The maximum absolute atomic E-state index is 12.4. The summed E-state index contributed by atoms with van der Waals surface area (Å²) >= 11 is 0. The second kappa shape index (κ2) is 5.79. The minimum Gasteiger partial charge on any atom is -0.381 e. The summed E-state index contributed by atoms with van der Waals surface area (Å²) in [6.07, 6.45) is 4.32. The molecule has 3 rings (SSSR count). The monoisotopic (exact) mass is 349 g/mol. The molecular weight excluding hydrogens is 335 g/mol. The smallest absolute Gasteiger partial charge is 0.381 e. The van der Waals surface area contributed by atoms with Crippen LogP contribution < -0.4 is 0 Å². The van der Waals surface area contributed by atoms with Gasteiger partial charge in [0.15, 0.2) is 0 Å². The molecular formula is C14H14F3NO4S. The zero-order valence-corrected chi connectivity index (χ0v) is 12.7. The standard InChI is InChI=1S/C14H14F3NO4S/c15-14(16,17)23(19,20)22-11-4-6-21-13(8-11)10-3-5-18-12(7-10)9-1-2-9/h3,5,7-9,13H,1-2,4,6H2. The summed E-state index contributed by atoms with van der Waals surface area (Å²) in [6.45, 7) is 0.0744. The van der Waals surface area contributed by atoms with Gasteiger partial charge in [0.1, 0.15) is 11.9 Å². The van der Waals surface area contributed by atoms with Gasteiger partial charge in [0.2, 0.25) is 0 Å². The van der Waals surface area contributed by atoms with Crippen LogP contribution in [-0.4, -0.2) is 25.5 Å². The Morgan fingerprint density at radius 2 is 2.04 bits per heavy atom. The highest BCUT2D eigenvalue weighted by molar-refractivity contribution is 7.87. The van der Waals surface area contributed by atoms with Gasteiger partial charge in [0, 0.05) is 24.2 Å². The minimum atomic E-state index is -5.65. The third-order valence-electron chi connectivity index (χ3n) is 3.61. The summed E-state index contributed by atoms with van der Waals surface area (Å²) in [5.74, 6) is 0.159. The molecule has 0 radical (unpaired) electrons. The van der Waals surface area contributed by atoms with Crippen LogP contribution in [0.25, 0.3) is 0 Å². The van der Waals surface area contributed by atoms with Gasteiger partial charge in [-0.3, -0.25) is 4.98 Å². The Hall–Kier alpha value is -1.61. The number of hydrogen-bond donors (Lipinski definition) is 0. The summed E-state index contributed by atoms with van der Waals surface area (Å²) in [7, 11) is -5.65. The highest BCUT2D eigenvalue weighted by Gasteiger charge is 2.49. The lowest BCUT2D eigenvalue weighted by atomic mass is 10.1. The third-order valence-corrected chi connectivity index (χ3v) is 4.61. The number of nitrogens with zero attached hydrogens (tertiary/aromatic N) is 1. The Labute approximate surface area is 131 Å². The zero-order chi connectivity index (χ0) is 16.7. The number of rotatable bonds is 4. The normalized spacial score (nSPS) is 22.6. The van der Waals surface area contributed by atoms with Crippen molar-refractivity contribution < 1.29 is 30.5 Å². The lowest BCUT2D eigenvalue weighted by Crippen LogP contribution is -2.26. The number of pyridine rings is 1. The number of alkyl halides is 3. The van der Waals surface area contributed by atoms with Crippen molar-refractivity contribution >= 4 is 10.1 Å². The van der Waals surface area contributed by atoms with Gasteiger partial charge in [-0.05, 0) is 36.6 Å². The molecule has 1 aromatic rings. The largest absolute Gasteiger partial charge is 0.534 e. The first-order valence-electron chi connectivity index (χ1n) is 7.05. The van der Waals surface area contributed by atoms with E-state index in [1.165, 1.54) is 6.08 Å². The fourth-order valence-electron chi connectivity index (χ4n) is 2.28. The van der Waals surface area contributed by atoms with Crippen molar-refractivity contribution in [3.05, 3.63) is 41.4 Å². The molecule has 126 valence electrons.